The standard InChI is InChI=1S/C8H6FNO5/c1-4(11)15-8-3-6(10(13)14)5(9)2-7(8)12/h2-3,12H,1H3. The third-order valence-corrected chi connectivity index (χ3v) is 1.48. The molecule has 0 unspecified atom stereocenters. The lowest BCUT2D eigenvalue weighted by atomic mass is 10.2. The predicted molar refractivity (Wildman–Crippen MR) is 46.0 cm³/mol. The van der Waals surface area contributed by atoms with E-state index < -0.39 is 33.9 Å². The number of nitro groups is 1. The molecule has 0 aliphatic rings. The molecule has 0 aliphatic carbocycles. The van der Waals surface area contributed by atoms with Gasteiger partial charge in [-0.25, -0.2) is 0 Å². The van der Waals surface area contributed by atoms with Crippen LogP contribution in [0.15, 0.2) is 12.1 Å². The van der Waals surface area contributed by atoms with Crippen molar-refractivity contribution in [2.45, 2.75) is 6.92 Å². The molecule has 0 atom stereocenters. The molecule has 80 valence electrons. The maximum Gasteiger partial charge on any atom is 0.308 e. The lowest BCUT2D eigenvalue weighted by Gasteiger charge is -2.03. The van der Waals surface area contributed by atoms with E-state index in [1.165, 1.54) is 0 Å². The summed E-state index contributed by atoms with van der Waals surface area (Å²) in [6.07, 6.45) is 0. The summed E-state index contributed by atoms with van der Waals surface area (Å²) in [5.74, 6) is -3.09. The Morgan fingerprint density at radius 2 is 2.20 bits per heavy atom. The number of carbonyl (C=O) groups is 1. The number of hydrogen-bond donors (Lipinski definition) is 1. The Kier molecular flexibility index (Phi) is 2.84. The molecule has 0 radical (unpaired) electrons. The van der Waals surface area contributed by atoms with Gasteiger partial charge in [0, 0.05) is 13.0 Å². The summed E-state index contributed by atoms with van der Waals surface area (Å²) in [6, 6.07) is 1.16. The van der Waals surface area contributed by atoms with E-state index >= 15 is 0 Å². The molecule has 0 saturated heterocycles. The predicted octanol–water partition coefficient (Wildman–Crippen LogP) is 1.36. The number of nitro benzene ring substituents is 1. The minimum Gasteiger partial charge on any atom is -0.504 e. The molecule has 0 aromatic heterocycles. The van der Waals surface area contributed by atoms with Crippen molar-refractivity contribution in [3.05, 3.63) is 28.1 Å². The fraction of sp³-hybridized carbons (Fsp3) is 0.125. The van der Waals surface area contributed by atoms with Crippen molar-refractivity contribution in [1.29, 1.82) is 0 Å². The number of halogens is 1. The molecule has 0 aliphatic heterocycles. The van der Waals surface area contributed by atoms with Crippen LogP contribution in [0, 0.1) is 15.9 Å². The second-order valence-electron chi connectivity index (χ2n) is 2.62. The highest BCUT2D eigenvalue weighted by atomic mass is 19.1. The Hall–Kier alpha value is -2.18. The summed E-state index contributed by atoms with van der Waals surface area (Å²) >= 11 is 0. The maximum absolute atomic E-state index is 12.9. The first-order valence-corrected chi connectivity index (χ1v) is 3.77. The summed E-state index contributed by atoms with van der Waals surface area (Å²) in [5.41, 5.74) is -0.871. The summed E-state index contributed by atoms with van der Waals surface area (Å²) in [7, 11) is 0. The topological polar surface area (TPSA) is 89.7 Å². The molecule has 1 rings (SSSR count). The number of hydrogen-bond acceptors (Lipinski definition) is 5. The average Bonchev–Trinajstić information content (AvgIpc) is 2.08. The lowest BCUT2D eigenvalue weighted by molar-refractivity contribution is -0.387. The number of rotatable bonds is 2. The summed E-state index contributed by atoms with van der Waals surface area (Å²) < 4.78 is 17.3. The van der Waals surface area contributed by atoms with Gasteiger partial charge in [-0.05, 0) is 0 Å². The van der Waals surface area contributed by atoms with Crippen molar-refractivity contribution in [3.8, 4) is 11.5 Å². The van der Waals surface area contributed by atoms with Gasteiger partial charge >= 0.3 is 11.7 Å². The third-order valence-electron chi connectivity index (χ3n) is 1.48. The van der Waals surface area contributed by atoms with Crippen LogP contribution in [0.4, 0.5) is 10.1 Å². The Bertz CT molecular complexity index is 431. The second kappa shape index (κ2) is 3.91. The molecular formula is C8H6FNO5. The Morgan fingerprint density at radius 3 is 2.67 bits per heavy atom. The van der Waals surface area contributed by atoms with Crippen LogP contribution in [0.2, 0.25) is 0 Å². The number of aromatic hydroxyl groups is 1. The molecule has 1 aromatic carbocycles. The van der Waals surface area contributed by atoms with Crippen LogP contribution < -0.4 is 4.74 Å². The molecule has 7 heteroatoms. The van der Waals surface area contributed by atoms with Gasteiger partial charge in [0.2, 0.25) is 5.82 Å². The second-order valence-corrected chi connectivity index (χ2v) is 2.62. The molecule has 1 N–H and O–H groups in total. The molecule has 0 bridgehead atoms. The van der Waals surface area contributed by atoms with Crippen LogP contribution in [0.3, 0.4) is 0 Å². The number of esters is 1. The Labute approximate surface area is 83.0 Å². The molecule has 15 heavy (non-hydrogen) atoms. The van der Waals surface area contributed by atoms with Gasteiger partial charge in [0.15, 0.2) is 11.5 Å². The summed E-state index contributed by atoms with van der Waals surface area (Å²) in [4.78, 5) is 19.9. The number of phenols is 1. The van der Waals surface area contributed by atoms with Crippen LogP contribution >= 0.6 is 0 Å². The molecule has 1 aromatic rings. The van der Waals surface area contributed by atoms with Crippen molar-refractivity contribution in [3.63, 3.8) is 0 Å². The van der Waals surface area contributed by atoms with Crippen LogP contribution in [-0.2, 0) is 4.79 Å². The zero-order valence-electron chi connectivity index (χ0n) is 7.56. The minimum atomic E-state index is -1.20. The molecule has 6 nitrogen and oxygen atoms in total. The van der Waals surface area contributed by atoms with E-state index in [1.807, 2.05) is 0 Å². The van der Waals surface area contributed by atoms with Gasteiger partial charge in [-0.3, -0.25) is 14.9 Å². The smallest absolute Gasteiger partial charge is 0.308 e. The van der Waals surface area contributed by atoms with Crippen molar-refractivity contribution in [2.75, 3.05) is 0 Å². The van der Waals surface area contributed by atoms with Gasteiger partial charge < -0.3 is 9.84 Å². The van der Waals surface area contributed by atoms with Crippen molar-refractivity contribution >= 4 is 11.7 Å². The highest BCUT2D eigenvalue weighted by Crippen LogP contribution is 2.32. The first-order valence-electron chi connectivity index (χ1n) is 3.77. The summed E-state index contributed by atoms with van der Waals surface area (Å²) in [6.45, 7) is 1.05. The van der Waals surface area contributed by atoms with E-state index in [9.17, 15) is 19.3 Å². The van der Waals surface area contributed by atoms with E-state index in [-0.39, 0.29) is 0 Å². The zero-order valence-corrected chi connectivity index (χ0v) is 7.56. The molecule has 0 fully saturated rings. The number of ether oxygens (including phenoxy) is 1. The van der Waals surface area contributed by atoms with E-state index in [0.29, 0.717) is 12.1 Å². The van der Waals surface area contributed by atoms with E-state index in [2.05, 4.69) is 4.74 Å². The lowest BCUT2D eigenvalue weighted by Crippen LogP contribution is -2.03. The highest BCUT2D eigenvalue weighted by molar-refractivity contribution is 5.70. The van der Waals surface area contributed by atoms with E-state index in [4.69, 9.17) is 5.11 Å². The Balaban J connectivity index is 3.23. The average molecular weight is 215 g/mol. The SMILES string of the molecule is CC(=O)Oc1cc([N+](=O)[O-])c(F)cc1O. The molecule has 0 heterocycles. The molecule has 0 spiro atoms. The van der Waals surface area contributed by atoms with Gasteiger partial charge in [0.25, 0.3) is 0 Å². The number of benzene rings is 1. The van der Waals surface area contributed by atoms with Gasteiger partial charge in [-0.2, -0.15) is 4.39 Å². The molecule has 0 saturated carbocycles. The fourth-order valence-corrected chi connectivity index (χ4v) is 0.909. The summed E-state index contributed by atoms with van der Waals surface area (Å²) in [5, 5.41) is 19.4. The van der Waals surface area contributed by atoms with Crippen LogP contribution in [0.5, 0.6) is 11.5 Å². The molecular weight excluding hydrogens is 209 g/mol. The zero-order chi connectivity index (χ0) is 11.6. The minimum absolute atomic E-state index is 0.449. The van der Waals surface area contributed by atoms with E-state index in [0.717, 1.165) is 6.92 Å². The Morgan fingerprint density at radius 1 is 1.60 bits per heavy atom. The quantitative estimate of drug-likeness (QED) is 0.348. The van der Waals surface area contributed by atoms with Crippen molar-refractivity contribution < 1.29 is 24.0 Å². The van der Waals surface area contributed by atoms with Crippen LogP contribution in [0.25, 0.3) is 0 Å². The van der Waals surface area contributed by atoms with Crippen LogP contribution in [0.1, 0.15) is 6.92 Å². The monoisotopic (exact) mass is 215 g/mol. The van der Waals surface area contributed by atoms with Gasteiger partial charge in [-0.1, -0.05) is 0 Å². The third kappa shape index (κ3) is 2.39. The van der Waals surface area contributed by atoms with Crippen molar-refractivity contribution in [1.82, 2.24) is 0 Å². The largest absolute Gasteiger partial charge is 0.504 e. The van der Waals surface area contributed by atoms with Crippen molar-refractivity contribution in [2.24, 2.45) is 0 Å². The number of phenolic OH excluding ortho intramolecular Hbond substituents is 1. The van der Waals surface area contributed by atoms with E-state index in [1.54, 1.807) is 0 Å². The highest BCUT2D eigenvalue weighted by Gasteiger charge is 2.19. The molecule has 0 amide bonds. The van der Waals surface area contributed by atoms with Gasteiger partial charge in [-0.15, -0.1) is 0 Å². The number of nitrogens with zero attached hydrogens (tertiary/aromatic N) is 1. The fourth-order valence-electron chi connectivity index (χ4n) is 0.909. The van der Waals surface area contributed by atoms with Crippen LogP contribution in [-0.4, -0.2) is 16.0 Å². The number of carbonyl (C=O) groups excluding carboxylic acids is 1. The maximum atomic E-state index is 12.9. The van der Waals surface area contributed by atoms with Gasteiger partial charge in [0.05, 0.1) is 11.0 Å². The first kappa shape index (κ1) is 10.9. The van der Waals surface area contributed by atoms with Gasteiger partial charge in [0.1, 0.15) is 0 Å². The first-order chi connectivity index (χ1) is 6.91. The normalized spacial score (nSPS) is 9.73.